The SMILES string of the molecule is CCOc1cc2c(cc1NC(=O)c1ccc(C(=O)O)c(C)n1)OC(C)C2. The monoisotopic (exact) mass is 356 g/mol. The topological polar surface area (TPSA) is 97.8 Å². The molecule has 3 rings (SSSR count). The summed E-state index contributed by atoms with van der Waals surface area (Å²) in [5.74, 6) is -0.236. The molecule has 1 aromatic carbocycles. The number of nitrogens with one attached hydrogen (secondary N) is 1. The number of nitrogens with zero attached hydrogens (tertiary/aromatic N) is 1. The fraction of sp³-hybridized carbons (Fsp3) is 0.316. The van der Waals surface area contributed by atoms with E-state index in [9.17, 15) is 9.59 Å². The van der Waals surface area contributed by atoms with E-state index in [0.717, 1.165) is 17.7 Å². The third kappa shape index (κ3) is 3.46. The lowest BCUT2D eigenvalue weighted by molar-refractivity contribution is 0.0695. The van der Waals surface area contributed by atoms with Crippen molar-refractivity contribution >= 4 is 17.6 Å². The summed E-state index contributed by atoms with van der Waals surface area (Å²) in [5, 5.41) is 11.8. The predicted octanol–water partition coefficient (Wildman–Crippen LogP) is 3.06. The minimum Gasteiger partial charge on any atom is -0.492 e. The zero-order valence-electron chi connectivity index (χ0n) is 14.8. The lowest BCUT2D eigenvalue weighted by atomic mass is 10.1. The van der Waals surface area contributed by atoms with Crippen molar-refractivity contribution in [3.05, 3.63) is 46.8 Å². The zero-order chi connectivity index (χ0) is 18.8. The first kappa shape index (κ1) is 17.7. The molecule has 0 saturated heterocycles. The number of carbonyl (C=O) groups is 2. The highest BCUT2D eigenvalue weighted by Gasteiger charge is 2.23. The van der Waals surface area contributed by atoms with Gasteiger partial charge in [-0.1, -0.05) is 0 Å². The van der Waals surface area contributed by atoms with Crippen LogP contribution in [0.1, 0.15) is 46.0 Å². The maximum absolute atomic E-state index is 12.6. The fourth-order valence-electron chi connectivity index (χ4n) is 2.91. The van der Waals surface area contributed by atoms with Gasteiger partial charge in [0.2, 0.25) is 0 Å². The number of aryl methyl sites for hydroxylation is 1. The summed E-state index contributed by atoms with van der Waals surface area (Å²) in [4.78, 5) is 27.7. The average Bonchev–Trinajstić information content (AvgIpc) is 2.93. The van der Waals surface area contributed by atoms with Crippen molar-refractivity contribution < 1.29 is 24.2 Å². The van der Waals surface area contributed by atoms with Crippen LogP contribution in [0.15, 0.2) is 24.3 Å². The maximum atomic E-state index is 12.6. The van der Waals surface area contributed by atoms with Crippen molar-refractivity contribution in [3.8, 4) is 11.5 Å². The van der Waals surface area contributed by atoms with E-state index in [1.165, 1.54) is 12.1 Å². The van der Waals surface area contributed by atoms with Crippen LogP contribution < -0.4 is 14.8 Å². The number of carboxylic acid groups (broad SMARTS) is 1. The first-order chi connectivity index (χ1) is 12.4. The molecule has 0 fully saturated rings. The molecule has 0 bridgehead atoms. The van der Waals surface area contributed by atoms with E-state index in [1.54, 1.807) is 13.0 Å². The predicted molar refractivity (Wildman–Crippen MR) is 95.3 cm³/mol. The Morgan fingerprint density at radius 3 is 2.81 bits per heavy atom. The van der Waals surface area contributed by atoms with Gasteiger partial charge in [0.05, 0.1) is 23.6 Å². The molecule has 1 amide bonds. The van der Waals surface area contributed by atoms with Gasteiger partial charge in [0.15, 0.2) is 0 Å². The Bertz CT molecular complexity index is 878. The molecule has 26 heavy (non-hydrogen) atoms. The van der Waals surface area contributed by atoms with E-state index in [1.807, 2.05) is 19.9 Å². The molecular formula is C19H20N2O5. The maximum Gasteiger partial charge on any atom is 0.337 e. The highest BCUT2D eigenvalue weighted by atomic mass is 16.5. The summed E-state index contributed by atoms with van der Waals surface area (Å²) in [7, 11) is 0. The van der Waals surface area contributed by atoms with Crippen molar-refractivity contribution in [1.82, 2.24) is 4.98 Å². The molecular weight excluding hydrogens is 336 g/mol. The highest BCUT2D eigenvalue weighted by Crippen LogP contribution is 2.38. The first-order valence-corrected chi connectivity index (χ1v) is 8.37. The second kappa shape index (κ2) is 7.03. The van der Waals surface area contributed by atoms with Gasteiger partial charge in [-0.05, 0) is 39.0 Å². The van der Waals surface area contributed by atoms with Gasteiger partial charge in [-0.2, -0.15) is 0 Å². The van der Waals surface area contributed by atoms with Crippen LogP contribution >= 0.6 is 0 Å². The third-order valence-electron chi connectivity index (χ3n) is 4.10. The molecule has 2 N–H and O–H groups in total. The molecule has 1 aliphatic heterocycles. The van der Waals surface area contributed by atoms with E-state index < -0.39 is 11.9 Å². The van der Waals surface area contributed by atoms with Crippen molar-refractivity contribution in [1.29, 1.82) is 0 Å². The lowest BCUT2D eigenvalue weighted by Crippen LogP contribution is -2.16. The molecule has 7 heteroatoms. The summed E-state index contributed by atoms with van der Waals surface area (Å²) in [6.45, 7) is 5.86. The number of hydrogen-bond acceptors (Lipinski definition) is 5. The standard InChI is InChI=1S/C19H20N2O5/c1-4-25-17-8-12-7-10(2)26-16(12)9-15(17)21-18(22)14-6-5-13(19(23)24)11(3)20-14/h5-6,8-10H,4,7H2,1-3H3,(H,21,22)(H,23,24). The fourth-order valence-corrected chi connectivity index (χ4v) is 2.91. The van der Waals surface area contributed by atoms with Crippen LogP contribution in [0.25, 0.3) is 0 Å². The molecule has 0 radical (unpaired) electrons. The quantitative estimate of drug-likeness (QED) is 0.854. The van der Waals surface area contributed by atoms with Crippen molar-refractivity contribution in [2.45, 2.75) is 33.3 Å². The van der Waals surface area contributed by atoms with Crippen molar-refractivity contribution in [2.24, 2.45) is 0 Å². The molecule has 1 aromatic heterocycles. The molecule has 1 unspecified atom stereocenters. The first-order valence-electron chi connectivity index (χ1n) is 8.37. The molecule has 2 heterocycles. The second-order valence-corrected chi connectivity index (χ2v) is 6.11. The molecule has 0 spiro atoms. The van der Waals surface area contributed by atoms with Gasteiger partial charge in [-0.15, -0.1) is 0 Å². The summed E-state index contributed by atoms with van der Waals surface area (Å²) in [6, 6.07) is 6.39. The number of aromatic carboxylic acids is 1. The highest BCUT2D eigenvalue weighted by molar-refractivity contribution is 6.04. The number of ether oxygens (including phenoxy) is 2. The van der Waals surface area contributed by atoms with Crippen LogP contribution in [-0.4, -0.2) is 34.7 Å². The molecule has 0 saturated carbocycles. The van der Waals surface area contributed by atoms with E-state index in [2.05, 4.69) is 10.3 Å². The Morgan fingerprint density at radius 2 is 2.15 bits per heavy atom. The number of fused-ring (bicyclic) bond motifs is 1. The van der Waals surface area contributed by atoms with Crippen LogP contribution in [0.2, 0.25) is 0 Å². The van der Waals surface area contributed by atoms with E-state index in [0.29, 0.717) is 18.0 Å². The molecule has 0 aliphatic carbocycles. The van der Waals surface area contributed by atoms with E-state index in [4.69, 9.17) is 14.6 Å². The Morgan fingerprint density at radius 1 is 1.38 bits per heavy atom. The van der Waals surface area contributed by atoms with Crippen LogP contribution in [0.4, 0.5) is 5.69 Å². The zero-order valence-corrected chi connectivity index (χ0v) is 14.8. The van der Waals surface area contributed by atoms with Crippen LogP contribution in [0.3, 0.4) is 0 Å². The van der Waals surface area contributed by atoms with E-state index >= 15 is 0 Å². The van der Waals surface area contributed by atoms with Gasteiger partial charge in [0.25, 0.3) is 5.91 Å². The van der Waals surface area contributed by atoms with E-state index in [-0.39, 0.29) is 23.1 Å². The van der Waals surface area contributed by atoms with Crippen LogP contribution in [0.5, 0.6) is 11.5 Å². The minimum absolute atomic E-state index is 0.0662. The summed E-state index contributed by atoms with van der Waals surface area (Å²) in [6.07, 6.45) is 0.874. The number of hydrogen-bond donors (Lipinski definition) is 2. The van der Waals surface area contributed by atoms with Gasteiger partial charge in [0, 0.05) is 18.1 Å². The molecule has 1 aliphatic rings. The van der Waals surface area contributed by atoms with Crippen molar-refractivity contribution in [2.75, 3.05) is 11.9 Å². The molecule has 7 nitrogen and oxygen atoms in total. The number of pyridine rings is 1. The summed E-state index contributed by atoms with van der Waals surface area (Å²) < 4.78 is 11.4. The van der Waals surface area contributed by atoms with Crippen molar-refractivity contribution in [3.63, 3.8) is 0 Å². The number of carboxylic acids is 1. The minimum atomic E-state index is -1.08. The number of rotatable bonds is 5. The number of aromatic nitrogens is 1. The van der Waals surface area contributed by atoms with Gasteiger partial charge in [-0.3, -0.25) is 4.79 Å². The van der Waals surface area contributed by atoms with Crippen LogP contribution in [-0.2, 0) is 6.42 Å². The number of carbonyl (C=O) groups excluding carboxylic acids is 1. The second-order valence-electron chi connectivity index (χ2n) is 6.11. The van der Waals surface area contributed by atoms with Crippen LogP contribution in [0, 0.1) is 6.92 Å². The smallest absolute Gasteiger partial charge is 0.337 e. The Labute approximate surface area is 151 Å². The number of anilines is 1. The Hall–Kier alpha value is -3.09. The average molecular weight is 356 g/mol. The number of amides is 1. The summed E-state index contributed by atoms with van der Waals surface area (Å²) in [5.41, 5.74) is 2.01. The summed E-state index contributed by atoms with van der Waals surface area (Å²) >= 11 is 0. The Kier molecular flexibility index (Phi) is 4.79. The van der Waals surface area contributed by atoms with Gasteiger partial charge < -0.3 is 19.9 Å². The molecule has 136 valence electrons. The van der Waals surface area contributed by atoms with Gasteiger partial charge in [0.1, 0.15) is 23.3 Å². The largest absolute Gasteiger partial charge is 0.492 e. The third-order valence-corrected chi connectivity index (χ3v) is 4.10. The Balaban J connectivity index is 1.88. The molecule has 2 aromatic rings. The van der Waals surface area contributed by atoms with Gasteiger partial charge in [-0.25, -0.2) is 9.78 Å². The van der Waals surface area contributed by atoms with Gasteiger partial charge >= 0.3 is 5.97 Å². The number of benzene rings is 1. The lowest BCUT2D eigenvalue weighted by Gasteiger charge is -2.13. The molecule has 1 atom stereocenters. The normalized spacial score (nSPS) is 15.1.